The lowest BCUT2D eigenvalue weighted by Gasteiger charge is -2.33. The van der Waals surface area contributed by atoms with E-state index >= 15 is 0 Å². The Kier molecular flexibility index (Phi) is 8.38. The number of likely N-dealkylation sites (N-methyl/N-ethyl adjacent to an activating group) is 1. The SMILES string of the molecule is CC(C)(CC(C)(C)C(=O)Oc1ccccc1)C(=O)OCC[N+](C)(C)CCC(=O)[O-]. The van der Waals surface area contributed by atoms with E-state index in [0.717, 1.165) is 0 Å². The van der Waals surface area contributed by atoms with Crippen LogP contribution in [0.15, 0.2) is 30.3 Å². The quantitative estimate of drug-likeness (QED) is 0.315. The summed E-state index contributed by atoms with van der Waals surface area (Å²) < 4.78 is 11.3. The molecule has 0 radical (unpaired) electrons. The van der Waals surface area contributed by atoms with Crippen molar-refractivity contribution in [3.8, 4) is 5.75 Å². The average Bonchev–Trinajstić information content (AvgIpc) is 2.60. The molecule has 0 spiro atoms. The monoisotopic (exact) mass is 407 g/mol. The van der Waals surface area contributed by atoms with Crippen molar-refractivity contribution < 1.29 is 33.4 Å². The van der Waals surface area contributed by atoms with E-state index in [9.17, 15) is 19.5 Å². The van der Waals surface area contributed by atoms with Crippen molar-refractivity contribution in [3.05, 3.63) is 30.3 Å². The Labute approximate surface area is 173 Å². The first kappa shape index (κ1) is 24.6. The molecule has 0 heterocycles. The van der Waals surface area contributed by atoms with Crippen molar-refractivity contribution >= 4 is 17.9 Å². The minimum atomic E-state index is -1.10. The summed E-state index contributed by atoms with van der Waals surface area (Å²) >= 11 is 0. The number of nitrogens with zero attached hydrogens (tertiary/aromatic N) is 1. The van der Waals surface area contributed by atoms with Gasteiger partial charge in [0, 0.05) is 12.4 Å². The number of carboxylic acid groups (broad SMARTS) is 1. The molecular formula is C22H33NO6. The molecule has 0 fully saturated rings. The van der Waals surface area contributed by atoms with E-state index in [2.05, 4.69) is 0 Å². The predicted molar refractivity (Wildman–Crippen MR) is 107 cm³/mol. The molecule has 0 aliphatic rings. The van der Waals surface area contributed by atoms with Crippen LogP contribution in [-0.2, 0) is 19.1 Å². The van der Waals surface area contributed by atoms with Crippen molar-refractivity contribution in [1.29, 1.82) is 0 Å². The van der Waals surface area contributed by atoms with Gasteiger partial charge in [-0.2, -0.15) is 0 Å². The van der Waals surface area contributed by atoms with Gasteiger partial charge in [-0.3, -0.25) is 9.59 Å². The predicted octanol–water partition coefficient (Wildman–Crippen LogP) is 1.79. The maximum atomic E-state index is 12.6. The van der Waals surface area contributed by atoms with Gasteiger partial charge in [-0.1, -0.05) is 18.2 Å². The summed E-state index contributed by atoms with van der Waals surface area (Å²) in [6.45, 7) is 8.00. The fraction of sp³-hybridized carbons (Fsp3) is 0.591. The van der Waals surface area contributed by atoms with Crippen LogP contribution in [0.3, 0.4) is 0 Å². The second-order valence-corrected chi connectivity index (χ2v) is 9.29. The van der Waals surface area contributed by atoms with Crippen LogP contribution in [-0.4, -0.2) is 56.2 Å². The van der Waals surface area contributed by atoms with Crippen molar-refractivity contribution in [2.24, 2.45) is 10.8 Å². The molecule has 0 saturated heterocycles. The van der Waals surface area contributed by atoms with Gasteiger partial charge >= 0.3 is 11.9 Å². The Balaban J connectivity index is 2.59. The number of benzene rings is 1. The summed E-state index contributed by atoms with van der Waals surface area (Å²) in [5, 5.41) is 10.6. The van der Waals surface area contributed by atoms with E-state index in [1.54, 1.807) is 52.0 Å². The Morgan fingerprint density at radius 3 is 2.03 bits per heavy atom. The number of aliphatic carboxylic acids is 1. The van der Waals surface area contributed by atoms with Crippen LogP contribution in [0, 0.1) is 10.8 Å². The van der Waals surface area contributed by atoms with Gasteiger partial charge in [0.05, 0.1) is 31.5 Å². The van der Waals surface area contributed by atoms with E-state index < -0.39 is 28.7 Å². The second-order valence-electron chi connectivity index (χ2n) is 9.29. The topological polar surface area (TPSA) is 92.7 Å². The number of rotatable bonds is 11. The molecule has 1 rings (SSSR count). The molecule has 0 unspecified atom stereocenters. The molecule has 0 aromatic heterocycles. The summed E-state index contributed by atoms with van der Waals surface area (Å²) in [5.41, 5.74) is -1.77. The number of ether oxygens (including phenoxy) is 2. The summed E-state index contributed by atoms with van der Waals surface area (Å²) in [7, 11) is 3.73. The lowest BCUT2D eigenvalue weighted by atomic mass is 9.75. The molecule has 0 aliphatic carbocycles. The number of carboxylic acids is 1. The van der Waals surface area contributed by atoms with Gasteiger partial charge in [0.25, 0.3) is 0 Å². The van der Waals surface area contributed by atoms with Gasteiger partial charge < -0.3 is 23.9 Å². The molecule has 162 valence electrons. The fourth-order valence-electron chi connectivity index (χ4n) is 3.07. The summed E-state index contributed by atoms with van der Waals surface area (Å²) in [4.78, 5) is 35.8. The summed E-state index contributed by atoms with van der Waals surface area (Å²) in [6.07, 6.45) is 0.206. The minimum Gasteiger partial charge on any atom is -0.550 e. The van der Waals surface area contributed by atoms with Crippen LogP contribution in [0.25, 0.3) is 0 Å². The Hall–Kier alpha value is -2.41. The first-order valence-corrected chi connectivity index (χ1v) is 9.72. The minimum absolute atomic E-state index is 0.0514. The molecule has 0 aliphatic heterocycles. The number of esters is 2. The molecule has 1 aromatic rings. The highest BCUT2D eigenvalue weighted by atomic mass is 16.5. The molecule has 1 aromatic carbocycles. The van der Waals surface area contributed by atoms with Crippen LogP contribution in [0.4, 0.5) is 0 Å². The molecule has 0 N–H and O–H groups in total. The number of hydrogen-bond acceptors (Lipinski definition) is 6. The number of carbonyl (C=O) groups excluding carboxylic acids is 3. The van der Waals surface area contributed by atoms with Crippen molar-refractivity contribution in [1.82, 2.24) is 0 Å². The van der Waals surface area contributed by atoms with Gasteiger partial charge in [-0.05, 0) is 46.2 Å². The molecule has 7 nitrogen and oxygen atoms in total. The largest absolute Gasteiger partial charge is 0.550 e. The highest BCUT2D eigenvalue weighted by molar-refractivity contribution is 5.81. The van der Waals surface area contributed by atoms with Crippen LogP contribution < -0.4 is 9.84 Å². The zero-order valence-corrected chi connectivity index (χ0v) is 18.3. The maximum absolute atomic E-state index is 12.6. The van der Waals surface area contributed by atoms with Gasteiger partial charge in [0.2, 0.25) is 0 Å². The van der Waals surface area contributed by atoms with Crippen LogP contribution in [0.1, 0.15) is 40.5 Å². The molecule has 7 heteroatoms. The van der Waals surface area contributed by atoms with E-state index in [4.69, 9.17) is 9.47 Å². The third-order valence-corrected chi connectivity index (χ3v) is 4.79. The normalized spacial score (nSPS) is 12.3. The molecule has 0 bridgehead atoms. The van der Waals surface area contributed by atoms with Crippen molar-refractivity contribution in [3.63, 3.8) is 0 Å². The summed E-state index contributed by atoms with van der Waals surface area (Å²) in [5.74, 6) is -1.45. The Morgan fingerprint density at radius 1 is 0.931 bits per heavy atom. The number of para-hydroxylation sites is 1. The van der Waals surface area contributed by atoms with E-state index in [-0.39, 0.29) is 19.4 Å². The van der Waals surface area contributed by atoms with E-state index in [0.29, 0.717) is 23.3 Å². The van der Waals surface area contributed by atoms with Gasteiger partial charge in [-0.25, -0.2) is 0 Å². The zero-order chi connectivity index (χ0) is 22.3. The van der Waals surface area contributed by atoms with Crippen LogP contribution >= 0.6 is 0 Å². The third-order valence-electron chi connectivity index (χ3n) is 4.79. The number of quaternary nitrogens is 1. The molecule has 0 saturated carbocycles. The van der Waals surface area contributed by atoms with Crippen LogP contribution in [0.2, 0.25) is 0 Å². The highest BCUT2D eigenvalue weighted by Crippen LogP contribution is 2.36. The first-order valence-electron chi connectivity index (χ1n) is 9.72. The van der Waals surface area contributed by atoms with Gasteiger partial charge in [0.1, 0.15) is 18.9 Å². The lowest BCUT2D eigenvalue weighted by Crippen LogP contribution is -2.46. The Bertz CT molecular complexity index is 709. The average molecular weight is 408 g/mol. The standard InChI is InChI=1S/C22H33NO6/c1-21(2,19(26)28-15-14-23(5,6)13-12-18(24)25)16-22(3,4)20(27)29-17-10-8-7-9-11-17/h7-11H,12-16H2,1-6H3. The van der Waals surface area contributed by atoms with Crippen molar-refractivity contribution in [2.75, 3.05) is 33.8 Å². The van der Waals surface area contributed by atoms with Gasteiger partial charge in [0.15, 0.2) is 0 Å². The van der Waals surface area contributed by atoms with Crippen molar-refractivity contribution in [2.45, 2.75) is 40.5 Å². The smallest absolute Gasteiger partial charge is 0.316 e. The third kappa shape index (κ3) is 8.64. The fourth-order valence-corrected chi connectivity index (χ4v) is 3.07. The molecule has 0 atom stereocenters. The zero-order valence-electron chi connectivity index (χ0n) is 18.3. The maximum Gasteiger partial charge on any atom is 0.316 e. The first-order chi connectivity index (χ1) is 13.3. The van der Waals surface area contributed by atoms with E-state index in [1.165, 1.54) is 0 Å². The molecule has 0 amide bonds. The van der Waals surface area contributed by atoms with E-state index in [1.807, 2.05) is 20.2 Å². The summed E-state index contributed by atoms with van der Waals surface area (Å²) in [6, 6.07) is 8.80. The molecular weight excluding hydrogens is 374 g/mol. The lowest BCUT2D eigenvalue weighted by molar-refractivity contribution is -0.890. The molecule has 29 heavy (non-hydrogen) atoms. The number of carbonyl (C=O) groups is 3. The number of hydrogen-bond donors (Lipinski definition) is 0. The highest BCUT2D eigenvalue weighted by Gasteiger charge is 2.41. The van der Waals surface area contributed by atoms with Crippen LogP contribution in [0.5, 0.6) is 5.75 Å². The second kappa shape index (κ2) is 9.87. The van der Waals surface area contributed by atoms with Gasteiger partial charge in [-0.15, -0.1) is 0 Å². The Morgan fingerprint density at radius 2 is 1.48 bits per heavy atom.